The lowest BCUT2D eigenvalue weighted by molar-refractivity contribution is -0.121. The molecule has 31 heavy (non-hydrogen) atoms. The first-order valence-corrected chi connectivity index (χ1v) is 11.4. The quantitative estimate of drug-likeness (QED) is 0.480. The maximum Gasteiger partial charge on any atom is 0.255 e. The number of anilines is 2. The highest BCUT2D eigenvalue weighted by Crippen LogP contribution is 2.34. The number of nitrogens with one attached hydrogen (secondary N) is 1. The Labute approximate surface area is 193 Å². The first-order valence-electron chi connectivity index (χ1n) is 9.68. The Kier molecular flexibility index (Phi) is 6.25. The maximum absolute atomic E-state index is 12.8. The summed E-state index contributed by atoms with van der Waals surface area (Å²) in [5.41, 5.74) is 2.79. The van der Waals surface area contributed by atoms with Gasteiger partial charge in [0, 0.05) is 27.0 Å². The van der Waals surface area contributed by atoms with Gasteiger partial charge in [0.25, 0.3) is 5.91 Å². The van der Waals surface area contributed by atoms with Crippen LogP contribution in [-0.2, 0) is 9.59 Å². The topological polar surface area (TPSA) is 66.5 Å². The number of thioether (sulfide) groups is 1. The molecule has 3 amide bonds. The van der Waals surface area contributed by atoms with Gasteiger partial charge in [0.15, 0.2) is 0 Å². The van der Waals surface area contributed by atoms with Crippen molar-refractivity contribution in [1.29, 1.82) is 0 Å². The second kappa shape index (κ2) is 9.08. The predicted molar refractivity (Wildman–Crippen MR) is 126 cm³/mol. The summed E-state index contributed by atoms with van der Waals surface area (Å²) in [6, 6.07) is 21.8. The molecule has 4 rings (SSSR count). The monoisotopic (exact) mass is 494 g/mol. The van der Waals surface area contributed by atoms with Crippen molar-refractivity contribution < 1.29 is 14.4 Å². The normalized spacial score (nSPS) is 15.9. The van der Waals surface area contributed by atoms with E-state index < -0.39 is 5.25 Å². The molecule has 0 spiro atoms. The van der Waals surface area contributed by atoms with Crippen molar-refractivity contribution in [2.75, 3.05) is 10.2 Å². The fourth-order valence-electron chi connectivity index (χ4n) is 3.36. The molecule has 5 nitrogen and oxygen atoms in total. The van der Waals surface area contributed by atoms with E-state index in [-0.39, 0.29) is 24.1 Å². The Morgan fingerprint density at radius 3 is 2.35 bits per heavy atom. The Balaban J connectivity index is 1.41. The van der Waals surface area contributed by atoms with Gasteiger partial charge in [-0.25, -0.2) is 4.90 Å². The summed E-state index contributed by atoms with van der Waals surface area (Å²) in [6.07, 6.45) is 0.158. The number of nitrogens with zero attached hydrogens (tertiary/aromatic N) is 1. The Hall–Kier alpha value is -2.90. The van der Waals surface area contributed by atoms with Crippen molar-refractivity contribution in [2.24, 2.45) is 0 Å². The zero-order chi connectivity index (χ0) is 22.0. The van der Waals surface area contributed by atoms with Crippen LogP contribution in [0.2, 0.25) is 0 Å². The minimum absolute atomic E-state index is 0.158. The van der Waals surface area contributed by atoms with Crippen LogP contribution in [0.25, 0.3) is 0 Å². The third kappa shape index (κ3) is 4.73. The summed E-state index contributed by atoms with van der Waals surface area (Å²) in [6.45, 7) is 1.89. The fourth-order valence-corrected chi connectivity index (χ4v) is 4.68. The molecular weight excluding hydrogens is 476 g/mol. The number of rotatable bonds is 5. The largest absolute Gasteiger partial charge is 0.322 e. The SMILES string of the molecule is Cc1ccccc1C(=O)Nc1ccc(SC2CC(=O)N(c3ccc(Br)cc3)C2=O)cc1. The molecule has 1 N–H and O–H groups in total. The van der Waals surface area contributed by atoms with E-state index in [0.717, 1.165) is 14.9 Å². The molecule has 0 radical (unpaired) electrons. The van der Waals surface area contributed by atoms with Crippen LogP contribution in [0.4, 0.5) is 11.4 Å². The first-order chi connectivity index (χ1) is 14.9. The van der Waals surface area contributed by atoms with E-state index >= 15 is 0 Å². The number of imide groups is 1. The average Bonchev–Trinajstić information content (AvgIpc) is 3.03. The summed E-state index contributed by atoms with van der Waals surface area (Å²) in [7, 11) is 0. The number of hydrogen-bond donors (Lipinski definition) is 1. The van der Waals surface area contributed by atoms with E-state index in [4.69, 9.17) is 0 Å². The van der Waals surface area contributed by atoms with Crippen molar-refractivity contribution in [1.82, 2.24) is 0 Å². The third-order valence-corrected chi connectivity index (χ3v) is 6.70. The van der Waals surface area contributed by atoms with Crippen LogP contribution >= 0.6 is 27.7 Å². The Morgan fingerprint density at radius 2 is 1.68 bits per heavy atom. The van der Waals surface area contributed by atoms with E-state index in [1.54, 1.807) is 42.5 Å². The molecule has 1 heterocycles. The highest BCUT2D eigenvalue weighted by molar-refractivity contribution is 9.10. The van der Waals surface area contributed by atoms with Crippen LogP contribution in [-0.4, -0.2) is 23.0 Å². The summed E-state index contributed by atoms with van der Waals surface area (Å²) in [5.74, 6) is -0.582. The molecule has 0 aliphatic carbocycles. The minimum Gasteiger partial charge on any atom is -0.322 e. The molecule has 7 heteroatoms. The molecule has 0 saturated carbocycles. The Bertz CT molecular complexity index is 1150. The van der Waals surface area contributed by atoms with Crippen LogP contribution in [0.3, 0.4) is 0 Å². The highest BCUT2D eigenvalue weighted by atomic mass is 79.9. The molecule has 3 aromatic carbocycles. The van der Waals surface area contributed by atoms with Gasteiger partial charge in [-0.05, 0) is 67.1 Å². The van der Waals surface area contributed by atoms with Gasteiger partial charge in [0.1, 0.15) is 0 Å². The van der Waals surface area contributed by atoms with Crippen molar-refractivity contribution in [2.45, 2.75) is 23.5 Å². The molecule has 1 atom stereocenters. The molecular formula is C24H19BrN2O3S. The summed E-state index contributed by atoms with van der Waals surface area (Å²) in [5, 5.41) is 2.42. The molecule has 3 aromatic rings. The van der Waals surface area contributed by atoms with Gasteiger partial charge in [-0.2, -0.15) is 0 Å². The van der Waals surface area contributed by atoms with E-state index in [0.29, 0.717) is 16.9 Å². The molecule has 1 saturated heterocycles. The van der Waals surface area contributed by atoms with Gasteiger partial charge in [0.05, 0.1) is 10.9 Å². The van der Waals surface area contributed by atoms with Gasteiger partial charge in [-0.15, -0.1) is 11.8 Å². The number of hydrogen-bond acceptors (Lipinski definition) is 4. The molecule has 1 unspecified atom stereocenters. The number of carbonyl (C=O) groups is 3. The van der Waals surface area contributed by atoms with Crippen molar-refractivity contribution in [3.8, 4) is 0 Å². The van der Waals surface area contributed by atoms with E-state index in [1.165, 1.54) is 16.7 Å². The van der Waals surface area contributed by atoms with Crippen LogP contribution in [0.1, 0.15) is 22.3 Å². The lowest BCUT2D eigenvalue weighted by Gasteiger charge is -2.15. The molecule has 156 valence electrons. The molecule has 0 aromatic heterocycles. The van der Waals surface area contributed by atoms with Crippen molar-refractivity contribution in [3.63, 3.8) is 0 Å². The minimum atomic E-state index is -0.469. The molecule has 1 aliphatic heterocycles. The molecule has 0 bridgehead atoms. The zero-order valence-corrected chi connectivity index (χ0v) is 19.1. The first kappa shape index (κ1) is 21.3. The Morgan fingerprint density at radius 1 is 1.00 bits per heavy atom. The summed E-state index contributed by atoms with van der Waals surface area (Å²) < 4.78 is 0.885. The number of amides is 3. The smallest absolute Gasteiger partial charge is 0.255 e. The summed E-state index contributed by atoms with van der Waals surface area (Å²) in [4.78, 5) is 39.8. The second-order valence-corrected chi connectivity index (χ2v) is 9.34. The number of benzene rings is 3. The van der Waals surface area contributed by atoms with Crippen LogP contribution in [0.5, 0.6) is 0 Å². The molecule has 1 aliphatic rings. The standard InChI is InChI=1S/C24H19BrN2O3S/c1-15-4-2-3-5-20(15)23(29)26-17-8-12-19(13-9-17)31-21-14-22(28)27(24(21)30)18-10-6-16(25)7-11-18/h2-13,21H,14H2,1H3,(H,26,29). The lowest BCUT2D eigenvalue weighted by atomic mass is 10.1. The number of aryl methyl sites for hydroxylation is 1. The predicted octanol–water partition coefficient (Wildman–Crippen LogP) is 5.43. The highest BCUT2D eigenvalue weighted by Gasteiger charge is 2.40. The number of carbonyl (C=O) groups excluding carboxylic acids is 3. The molecule has 1 fully saturated rings. The zero-order valence-electron chi connectivity index (χ0n) is 16.7. The van der Waals surface area contributed by atoms with Crippen LogP contribution < -0.4 is 10.2 Å². The van der Waals surface area contributed by atoms with Crippen LogP contribution in [0.15, 0.2) is 82.2 Å². The van der Waals surface area contributed by atoms with Gasteiger partial charge in [0.2, 0.25) is 11.8 Å². The maximum atomic E-state index is 12.8. The fraction of sp³-hybridized carbons (Fsp3) is 0.125. The van der Waals surface area contributed by atoms with Gasteiger partial charge >= 0.3 is 0 Å². The van der Waals surface area contributed by atoms with Crippen LogP contribution in [0, 0.1) is 6.92 Å². The van der Waals surface area contributed by atoms with Gasteiger partial charge < -0.3 is 5.32 Å². The van der Waals surface area contributed by atoms with Gasteiger partial charge in [-0.1, -0.05) is 34.1 Å². The lowest BCUT2D eigenvalue weighted by Crippen LogP contribution is -2.31. The average molecular weight is 495 g/mol. The number of halogens is 1. The van der Waals surface area contributed by atoms with E-state index in [2.05, 4.69) is 21.2 Å². The third-order valence-electron chi connectivity index (χ3n) is 4.97. The van der Waals surface area contributed by atoms with Gasteiger partial charge in [-0.3, -0.25) is 14.4 Å². The van der Waals surface area contributed by atoms with Crippen molar-refractivity contribution >= 4 is 56.8 Å². The van der Waals surface area contributed by atoms with Crippen molar-refractivity contribution in [3.05, 3.63) is 88.4 Å². The van der Waals surface area contributed by atoms with E-state index in [1.807, 2.05) is 37.3 Å². The second-order valence-electron chi connectivity index (χ2n) is 7.15. The summed E-state index contributed by atoms with van der Waals surface area (Å²) >= 11 is 4.72. The van der Waals surface area contributed by atoms with E-state index in [9.17, 15) is 14.4 Å².